The first-order valence-corrected chi connectivity index (χ1v) is 11.2. The van der Waals surface area contributed by atoms with Crippen LogP contribution < -0.4 is 0 Å². The Hall–Kier alpha value is -3.59. The highest BCUT2D eigenvalue weighted by Gasteiger charge is 2.36. The molecule has 33 heavy (non-hydrogen) atoms. The van der Waals surface area contributed by atoms with E-state index in [4.69, 9.17) is 9.97 Å². The number of aryl methyl sites for hydroxylation is 1. The molecule has 9 nitrogen and oxygen atoms in total. The van der Waals surface area contributed by atoms with E-state index in [0.29, 0.717) is 23.0 Å². The van der Waals surface area contributed by atoms with Crippen LogP contribution in [0, 0.1) is 10.1 Å². The number of nitro groups is 1. The fourth-order valence-corrected chi connectivity index (χ4v) is 4.84. The highest BCUT2D eigenvalue weighted by Crippen LogP contribution is 2.49. The summed E-state index contributed by atoms with van der Waals surface area (Å²) in [5, 5.41) is 27.1. The molecule has 0 aliphatic heterocycles. The molecule has 0 saturated heterocycles. The predicted molar refractivity (Wildman–Crippen MR) is 123 cm³/mol. The van der Waals surface area contributed by atoms with Gasteiger partial charge in [-0.15, -0.1) is 0 Å². The van der Waals surface area contributed by atoms with Crippen LogP contribution in [-0.4, -0.2) is 34.3 Å². The Morgan fingerprint density at radius 3 is 2.55 bits per heavy atom. The molecule has 0 amide bonds. The molecule has 3 heterocycles. The van der Waals surface area contributed by atoms with E-state index in [9.17, 15) is 15.2 Å². The Bertz CT molecular complexity index is 1430. The molecule has 1 N–H and O–H groups in total. The molecular formula is C24H24N6O3. The van der Waals surface area contributed by atoms with E-state index >= 15 is 0 Å². The van der Waals surface area contributed by atoms with Crippen molar-refractivity contribution in [2.24, 2.45) is 14.1 Å². The summed E-state index contributed by atoms with van der Waals surface area (Å²) in [6, 6.07) is 7.03. The van der Waals surface area contributed by atoms with Crippen molar-refractivity contribution in [3.05, 3.63) is 57.5 Å². The van der Waals surface area contributed by atoms with Gasteiger partial charge in [0.2, 0.25) is 0 Å². The lowest BCUT2D eigenvalue weighted by Gasteiger charge is -2.10. The summed E-state index contributed by atoms with van der Waals surface area (Å²) in [5.41, 5.74) is 5.37. The van der Waals surface area contributed by atoms with Crippen molar-refractivity contribution < 1.29 is 10.0 Å². The lowest BCUT2D eigenvalue weighted by atomic mass is 10.0. The van der Waals surface area contributed by atoms with Crippen LogP contribution in [0.2, 0.25) is 0 Å². The van der Waals surface area contributed by atoms with Gasteiger partial charge in [0.25, 0.3) is 5.69 Å². The lowest BCUT2D eigenvalue weighted by molar-refractivity contribution is -0.385. The number of benzene rings is 1. The number of rotatable bonds is 6. The van der Waals surface area contributed by atoms with Gasteiger partial charge in [-0.2, -0.15) is 5.10 Å². The third-order valence-corrected chi connectivity index (χ3v) is 6.71. The molecule has 0 spiro atoms. The first-order chi connectivity index (χ1) is 16.0. The van der Waals surface area contributed by atoms with E-state index < -0.39 is 11.5 Å². The molecule has 3 aromatic heterocycles. The van der Waals surface area contributed by atoms with Crippen LogP contribution in [0.3, 0.4) is 0 Å². The molecule has 2 saturated carbocycles. The summed E-state index contributed by atoms with van der Waals surface area (Å²) in [6.45, 7) is -0.418. The van der Waals surface area contributed by atoms with Crippen molar-refractivity contribution in [1.29, 1.82) is 0 Å². The molecule has 4 aromatic rings. The summed E-state index contributed by atoms with van der Waals surface area (Å²) in [5.74, 6) is 1.57. The fourth-order valence-electron chi connectivity index (χ4n) is 4.84. The summed E-state index contributed by atoms with van der Waals surface area (Å²) in [7, 11) is 3.90. The van der Waals surface area contributed by atoms with Crippen molar-refractivity contribution in [3.63, 3.8) is 0 Å². The van der Waals surface area contributed by atoms with Gasteiger partial charge < -0.3 is 9.67 Å². The standard InChI is InChI=1S/C24H24N6O3/c1-28-11-15-10-17(20(13-6-7-13)25-23(15)27-28)24-26-21(22(29(24)2)14-8-9-14)16-4-3-5-19(30(32)33)18(16)12-31/h3-5,10-11,13-14,31H,6-9,12H2,1-2H3. The number of nitrogens with zero attached hydrogens (tertiary/aromatic N) is 6. The average molecular weight is 444 g/mol. The minimum Gasteiger partial charge on any atom is -0.391 e. The van der Waals surface area contributed by atoms with Crippen LogP contribution in [0.1, 0.15) is 54.5 Å². The molecule has 2 aliphatic rings. The zero-order chi connectivity index (χ0) is 22.9. The number of pyridine rings is 1. The van der Waals surface area contributed by atoms with Crippen LogP contribution in [0.4, 0.5) is 5.69 Å². The molecule has 0 bridgehead atoms. The van der Waals surface area contributed by atoms with E-state index in [1.54, 1.807) is 10.7 Å². The van der Waals surface area contributed by atoms with Crippen molar-refractivity contribution in [2.45, 2.75) is 44.1 Å². The monoisotopic (exact) mass is 444 g/mol. The van der Waals surface area contributed by atoms with E-state index in [1.165, 1.54) is 6.07 Å². The highest BCUT2D eigenvalue weighted by molar-refractivity contribution is 5.83. The topological polar surface area (TPSA) is 112 Å². The van der Waals surface area contributed by atoms with Crippen LogP contribution in [0.5, 0.6) is 0 Å². The molecule has 9 heteroatoms. The van der Waals surface area contributed by atoms with E-state index in [1.807, 2.05) is 26.4 Å². The smallest absolute Gasteiger partial charge is 0.275 e. The Morgan fingerprint density at radius 2 is 1.88 bits per heavy atom. The van der Waals surface area contributed by atoms with Gasteiger partial charge in [-0.3, -0.25) is 14.8 Å². The van der Waals surface area contributed by atoms with Gasteiger partial charge in [0.1, 0.15) is 5.82 Å². The van der Waals surface area contributed by atoms with Gasteiger partial charge in [0.05, 0.1) is 28.5 Å². The largest absolute Gasteiger partial charge is 0.391 e. The van der Waals surface area contributed by atoms with E-state index in [2.05, 4.69) is 15.7 Å². The summed E-state index contributed by atoms with van der Waals surface area (Å²) < 4.78 is 3.90. The van der Waals surface area contributed by atoms with Gasteiger partial charge >= 0.3 is 0 Å². The molecule has 0 unspecified atom stereocenters. The number of hydrogen-bond acceptors (Lipinski definition) is 6. The number of aromatic nitrogens is 5. The number of imidazole rings is 1. The fraction of sp³-hybridized carbons (Fsp3) is 0.375. The summed E-state index contributed by atoms with van der Waals surface area (Å²) >= 11 is 0. The summed E-state index contributed by atoms with van der Waals surface area (Å²) in [4.78, 5) is 21.1. The zero-order valence-electron chi connectivity index (χ0n) is 18.5. The molecule has 1 aromatic carbocycles. The lowest BCUT2D eigenvalue weighted by Crippen LogP contribution is -2.02. The maximum atomic E-state index is 11.6. The predicted octanol–water partition coefficient (Wildman–Crippen LogP) is 4.19. The van der Waals surface area contributed by atoms with E-state index in [0.717, 1.165) is 65.2 Å². The van der Waals surface area contributed by atoms with Gasteiger partial charge in [-0.05, 0) is 31.7 Å². The van der Waals surface area contributed by atoms with Crippen LogP contribution in [0.15, 0.2) is 30.5 Å². The van der Waals surface area contributed by atoms with Crippen LogP contribution in [0.25, 0.3) is 33.7 Å². The Morgan fingerprint density at radius 1 is 1.12 bits per heavy atom. The maximum absolute atomic E-state index is 11.6. The van der Waals surface area contributed by atoms with Gasteiger partial charge in [0.15, 0.2) is 5.65 Å². The molecule has 0 atom stereocenters. The van der Waals surface area contributed by atoms with E-state index in [-0.39, 0.29) is 5.69 Å². The summed E-state index contributed by atoms with van der Waals surface area (Å²) in [6.07, 6.45) is 6.28. The molecule has 2 aliphatic carbocycles. The number of hydrogen-bond donors (Lipinski definition) is 1. The molecule has 0 radical (unpaired) electrons. The molecule has 6 rings (SSSR count). The minimum absolute atomic E-state index is 0.0823. The van der Waals surface area contributed by atoms with Gasteiger partial charge in [0, 0.05) is 60.4 Å². The van der Waals surface area contributed by atoms with Gasteiger partial charge in [-0.25, -0.2) is 9.97 Å². The number of aliphatic hydroxyl groups is 1. The normalized spacial score (nSPS) is 16.0. The zero-order valence-corrected chi connectivity index (χ0v) is 18.5. The first kappa shape index (κ1) is 20.0. The van der Waals surface area contributed by atoms with Crippen LogP contribution in [-0.2, 0) is 20.7 Å². The second kappa shape index (κ2) is 7.21. The van der Waals surface area contributed by atoms with Crippen molar-refractivity contribution >= 4 is 16.7 Å². The second-order valence-electron chi connectivity index (χ2n) is 9.13. The number of aliphatic hydroxyl groups excluding tert-OH is 1. The minimum atomic E-state index is -0.443. The average Bonchev–Trinajstić information content (AvgIpc) is 3.72. The SMILES string of the molecule is Cn1cc2cc(-c3nc(-c4cccc([N+](=O)[O-])c4CO)c(C4CC4)n3C)c(C3CC3)nc2n1. The second-order valence-corrected chi connectivity index (χ2v) is 9.13. The van der Waals surface area contributed by atoms with Gasteiger partial charge in [-0.1, -0.05) is 12.1 Å². The molecule has 168 valence electrons. The molecule has 2 fully saturated rings. The third kappa shape index (κ3) is 3.22. The maximum Gasteiger partial charge on any atom is 0.275 e. The number of nitro benzene ring substituents is 1. The Balaban J connectivity index is 1.60. The molecular weight excluding hydrogens is 420 g/mol. The third-order valence-electron chi connectivity index (χ3n) is 6.71. The Kier molecular flexibility index (Phi) is 4.38. The van der Waals surface area contributed by atoms with Crippen molar-refractivity contribution in [3.8, 4) is 22.6 Å². The highest BCUT2D eigenvalue weighted by atomic mass is 16.6. The first-order valence-electron chi connectivity index (χ1n) is 11.2. The van der Waals surface area contributed by atoms with Crippen LogP contribution >= 0.6 is 0 Å². The van der Waals surface area contributed by atoms with Crippen molar-refractivity contribution in [2.75, 3.05) is 0 Å². The Labute approximate surface area is 189 Å². The number of fused-ring (bicyclic) bond motifs is 1. The quantitative estimate of drug-likeness (QED) is 0.352. The van der Waals surface area contributed by atoms with Crippen molar-refractivity contribution in [1.82, 2.24) is 24.3 Å².